The zero-order valence-electron chi connectivity index (χ0n) is 17.6. The molecule has 1 amide bonds. The van der Waals surface area contributed by atoms with Crippen molar-refractivity contribution >= 4 is 28.4 Å². The van der Waals surface area contributed by atoms with Gasteiger partial charge in [-0.05, 0) is 30.2 Å². The summed E-state index contributed by atoms with van der Waals surface area (Å²) in [5.41, 5.74) is 1.18. The lowest BCUT2D eigenvalue weighted by molar-refractivity contribution is -0.131. The van der Waals surface area contributed by atoms with Gasteiger partial charge in [-0.25, -0.2) is 8.78 Å². The number of benzene rings is 1. The van der Waals surface area contributed by atoms with Crippen molar-refractivity contribution in [2.45, 2.75) is 19.1 Å². The second-order valence-corrected chi connectivity index (χ2v) is 8.43. The molecular formula is C22H19ClF2N6O2. The Morgan fingerprint density at radius 1 is 1.27 bits per heavy atom. The minimum absolute atomic E-state index is 0.0399. The number of halogens is 3. The average Bonchev–Trinajstić information content (AvgIpc) is 3.50. The number of likely N-dealkylation sites (tertiary alicyclic amines) is 1. The van der Waals surface area contributed by atoms with Crippen LogP contribution in [0.5, 0.6) is 0 Å². The van der Waals surface area contributed by atoms with E-state index in [1.807, 2.05) is 0 Å². The molecule has 3 aromatic heterocycles. The fraction of sp³-hybridized carbons (Fsp3) is 0.273. The Labute approximate surface area is 191 Å². The molecule has 1 aliphatic heterocycles. The third-order valence-corrected chi connectivity index (χ3v) is 6.08. The maximum Gasteiger partial charge on any atom is 0.261 e. The van der Waals surface area contributed by atoms with E-state index in [9.17, 15) is 18.4 Å². The van der Waals surface area contributed by atoms with E-state index in [1.54, 1.807) is 30.1 Å². The second kappa shape index (κ2) is 8.11. The summed E-state index contributed by atoms with van der Waals surface area (Å²) in [4.78, 5) is 27.5. The van der Waals surface area contributed by atoms with Crippen LogP contribution in [0.25, 0.3) is 27.8 Å². The summed E-state index contributed by atoms with van der Waals surface area (Å²) in [6.45, 7) is 0.166. The van der Waals surface area contributed by atoms with Gasteiger partial charge in [-0.3, -0.25) is 18.8 Å². The maximum absolute atomic E-state index is 13.8. The van der Waals surface area contributed by atoms with Crippen LogP contribution in [0.3, 0.4) is 0 Å². The van der Waals surface area contributed by atoms with Crippen LogP contribution in [-0.2, 0) is 18.4 Å². The van der Waals surface area contributed by atoms with E-state index < -0.39 is 17.5 Å². The Balaban J connectivity index is 1.65. The minimum atomic E-state index is -1.04. The lowest BCUT2D eigenvalue weighted by Gasteiger charge is -2.16. The van der Waals surface area contributed by atoms with Crippen LogP contribution in [0.2, 0.25) is 5.02 Å². The molecule has 5 rings (SSSR count). The molecule has 1 aliphatic rings. The summed E-state index contributed by atoms with van der Waals surface area (Å²) in [7, 11) is 1.72. The number of alkyl halides is 1. The van der Waals surface area contributed by atoms with Crippen molar-refractivity contribution in [1.29, 1.82) is 0 Å². The molecule has 33 heavy (non-hydrogen) atoms. The van der Waals surface area contributed by atoms with Crippen molar-refractivity contribution in [3.63, 3.8) is 0 Å². The first-order chi connectivity index (χ1) is 15.8. The number of carbonyl (C=O) groups is 1. The number of carbonyl (C=O) groups excluding carboxylic acids is 1. The van der Waals surface area contributed by atoms with E-state index in [2.05, 4.69) is 10.3 Å². The SMILES string of the molecule is Cn1cc(-n2cc(-c3ccc(F)c(Cl)c3)c3c(=O)n(CC(=O)N4CCC(F)C4)ccc32)nn1. The van der Waals surface area contributed by atoms with Gasteiger partial charge in [-0.15, -0.1) is 5.10 Å². The smallest absolute Gasteiger partial charge is 0.261 e. The molecule has 0 saturated carbocycles. The van der Waals surface area contributed by atoms with Gasteiger partial charge in [0.2, 0.25) is 5.91 Å². The van der Waals surface area contributed by atoms with Crippen LogP contribution in [0, 0.1) is 5.82 Å². The first kappa shape index (κ1) is 21.3. The molecule has 0 radical (unpaired) electrons. The molecule has 8 nitrogen and oxygen atoms in total. The maximum atomic E-state index is 13.8. The largest absolute Gasteiger partial charge is 0.338 e. The third kappa shape index (κ3) is 3.80. The number of hydrogen-bond acceptors (Lipinski definition) is 4. The number of pyridine rings is 1. The Bertz CT molecular complexity index is 1440. The van der Waals surface area contributed by atoms with Crippen molar-refractivity contribution in [3.8, 4) is 16.9 Å². The van der Waals surface area contributed by atoms with Gasteiger partial charge in [-0.2, -0.15) is 0 Å². The molecule has 1 unspecified atom stereocenters. The first-order valence-corrected chi connectivity index (χ1v) is 10.7. The zero-order chi connectivity index (χ0) is 23.3. The summed E-state index contributed by atoms with van der Waals surface area (Å²) in [6.07, 6.45) is 4.19. The Morgan fingerprint density at radius 2 is 2.09 bits per heavy atom. The fourth-order valence-electron chi connectivity index (χ4n) is 4.11. The van der Waals surface area contributed by atoms with E-state index in [-0.39, 0.29) is 24.0 Å². The average molecular weight is 473 g/mol. The van der Waals surface area contributed by atoms with Gasteiger partial charge >= 0.3 is 0 Å². The van der Waals surface area contributed by atoms with Crippen LogP contribution in [-0.4, -0.2) is 54.2 Å². The highest BCUT2D eigenvalue weighted by molar-refractivity contribution is 6.31. The summed E-state index contributed by atoms with van der Waals surface area (Å²) in [5.74, 6) is -0.407. The molecule has 4 heterocycles. The molecular weight excluding hydrogens is 454 g/mol. The van der Waals surface area contributed by atoms with Crippen molar-refractivity contribution in [2.75, 3.05) is 13.1 Å². The number of aromatic nitrogens is 5. The van der Waals surface area contributed by atoms with Gasteiger partial charge in [-0.1, -0.05) is 22.9 Å². The van der Waals surface area contributed by atoms with Gasteiger partial charge in [0.15, 0.2) is 5.82 Å². The lowest BCUT2D eigenvalue weighted by Crippen LogP contribution is -2.35. The number of hydrogen-bond donors (Lipinski definition) is 0. The number of amides is 1. The minimum Gasteiger partial charge on any atom is -0.338 e. The molecule has 11 heteroatoms. The second-order valence-electron chi connectivity index (χ2n) is 8.03. The van der Waals surface area contributed by atoms with E-state index in [1.165, 1.54) is 38.5 Å². The van der Waals surface area contributed by atoms with Crippen molar-refractivity contribution < 1.29 is 13.6 Å². The number of aryl methyl sites for hydroxylation is 1. The molecule has 0 aliphatic carbocycles. The molecule has 170 valence electrons. The van der Waals surface area contributed by atoms with Gasteiger partial charge in [0.1, 0.15) is 18.5 Å². The third-order valence-electron chi connectivity index (χ3n) is 5.79. The van der Waals surface area contributed by atoms with Gasteiger partial charge in [0.05, 0.1) is 28.7 Å². The Kier molecular flexibility index (Phi) is 5.24. The molecule has 0 spiro atoms. The first-order valence-electron chi connectivity index (χ1n) is 10.3. The molecule has 1 atom stereocenters. The summed E-state index contributed by atoms with van der Waals surface area (Å²) in [5, 5.41) is 8.32. The quantitative estimate of drug-likeness (QED) is 0.457. The van der Waals surface area contributed by atoms with E-state index in [0.29, 0.717) is 40.8 Å². The Hall–Kier alpha value is -3.53. The lowest BCUT2D eigenvalue weighted by atomic mass is 10.1. The standard InChI is InChI=1S/C22H19ClF2N6O2/c1-28-11-19(26-27-28)31-10-15(13-2-3-17(25)16(23)8-13)21-18(31)5-7-30(22(21)33)12-20(32)29-6-4-14(24)9-29/h2-3,5,7-8,10-11,14H,4,6,9,12H2,1H3. The van der Waals surface area contributed by atoms with Crippen LogP contribution in [0.4, 0.5) is 8.78 Å². The zero-order valence-corrected chi connectivity index (χ0v) is 18.3. The number of fused-ring (bicyclic) bond motifs is 1. The van der Waals surface area contributed by atoms with Crippen LogP contribution in [0.15, 0.2) is 47.7 Å². The molecule has 4 aromatic rings. The molecule has 1 aromatic carbocycles. The molecule has 0 N–H and O–H groups in total. The highest BCUT2D eigenvalue weighted by Crippen LogP contribution is 2.32. The van der Waals surface area contributed by atoms with Gasteiger partial charge < -0.3 is 9.47 Å². The number of rotatable bonds is 4. The highest BCUT2D eigenvalue weighted by atomic mass is 35.5. The topological polar surface area (TPSA) is 78.0 Å². The van der Waals surface area contributed by atoms with E-state index in [4.69, 9.17) is 11.6 Å². The fourth-order valence-corrected chi connectivity index (χ4v) is 4.29. The van der Waals surface area contributed by atoms with Gasteiger partial charge in [0, 0.05) is 31.5 Å². The van der Waals surface area contributed by atoms with Gasteiger partial charge in [0.25, 0.3) is 5.56 Å². The van der Waals surface area contributed by atoms with Crippen LogP contribution >= 0.6 is 11.6 Å². The monoisotopic (exact) mass is 472 g/mol. The van der Waals surface area contributed by atoms with Crippen molar-refractivity contribution in [2.24, 2.45) is 7.05 Å². The van der Waals surface area contributed by atoms with E-state index >= 15 is 0 Å². The summed E-state index contributed by atoms with van der Waals surface area (Å²) < 4.78 is 31.8. The Morgan fingerprint density at radius 3 is 2.76 bits per heavy atom. The molecule has 1 saturated heterocycles. The van der Waals surface area contributed by atoms with Crippen molar-refractivity contribution in [1.82, 2.24) is 29.0 Å². The predicted octanol–water partition coefficient (Wildman–Crippen LogP) is 2.95. The number of nitrogens with zero attached hydrogens (tertiary/aromatic N) is 6. The van der Waals surface area contributed by atoms with Crippen LogP contribution in [0.1, 0.15) is 6.42 Å². The molecule has 1 fully saturated rings. The highest BCUT2D eigenvalue weighted by Gasteiger charge is 2.26. The van der Waals surface area contributed by atoms with Crippen molar-refractivity contribution in [3.05, 3.63) is 64.0 Å². The predicted molar refractivity (Wildman–Crippen MR) is 119 cm³/mol. The summed E-state index contributed by atoms with van der Waals surface area (Å²) in [6, 6.07) is 5.91. The van der Waals surface area contributed by atoms with E-state index in [0.717, 1.165) is 0 Å². The van der Waals surface area contributed by atoms with Crippen LogP contribution < -0.4 is 5.56 Å². The molecule has 0 bridgehead atoms. The normalized spacial score (nSPS) is 16.1. The summed E-state index contributed by atoms with van der Waals surface area (Å²) >= 11 is 5.99.